The van der Waals surface area contributed by atoms with E-state index < -0.39 is 17.5 Å². The van der Waals surface area contributed by atoms with Gasteiger partial charge in [-0.3, -0.25) is 14.4 Å². The van der Waals surface area contributed by atoms with Crippen molar-refractivity contribution in [1.82, 2.24) is 9.80 Å². The van der Waals surface area contributed by atoms with Crippen molar-refractivity contribution >= 4 is 24.0 Å². The third-order valence-corrected chi connectivity index (χ3v) is 6.40. The summed E-state index contributed by atoms with van der Waals surface area (Å²) in [5.74, 6) is -1.79. The average molecular weight is 518 g/mol. The molecule has 10 heteroatoms. The lowest BCUT2D eigenvalue weighted by Gasteiger charge is -2.34. The fourth-order valence-electron chi connectivity index (χ4n) is 4.51. The molecule has 0 unspecified atom stereocenters. The molecule has 0 saturated carbocycles. The Morgan fingerprint density at radius 1 is 0.973 bits per heavy atom. The van der Waals surface area contributed by atoms with E-state index in [2.05, 4.69) is 4.90 Å². The molecule has 2 aromatic rings. The molecule has 2 heterocycles. The summed E-state index contributed by atoms with van der Waals surface area (Å²) in [7, 11) is 0. The number of amides is 2. The molecule has 1 N–H and O–H groups in total. The molecule has 8 nitrogen and oxygen atoms in total. The van der Waals surface area contributed by atoms with E-state index in [1.807, 2.05) is 24.3 Å². The van der Waals surface area contributed by atoms with E-state index >= 15 is 0 Å². The molecule has 2 saturated heterocycles. The number of ether oxygens (including phenoxy) is 1. The molecule has 2 aliphatic rings. The van der Waals surface area contributed by atoms with Gasteiger partial charge in [-0.2, -0.15) is 0 Å². The second-order valence-electron chi connectivity index (χ2n) is 8.95. The second kappa shape index (κ2) is 14.3. The van der Waals surface area contributed by atoms with Crippen molar-refractivity contribution < 1.29 is 33.0 Å². The summed E-state index contributed by atoms with van der Waals surface area (Å²) < 4.78 is 33.0. The van der Waals surface area contributed by atoms with Gasteiger partial charge in [-0.1, -0.05) is 12.8 Å². The highest BCUT2D eigenvalue weighted by molar-refractivity contribution is 6.01. The van der Waals surface area contributed by atoms with Crippen LogP contribution in [0.15, 0.2) is 42.5 Å². The van der Waals surface area contributed by atoms with Crippen molar-refractivity contribution in [1.29, 1.82) is 0 Å². The number of piperazine rings is 1. The van der Waals surface area contributed by atoms with Gasteiger partial charge in [-0.15, -0.1) is 0 Å². The summed E-state index contributed by atoms with van der Waals surface area (Å²) in [6.45, 7) is 4.21. The van der Waals surface area contributed by atoms with Crippen LogP contribution in [0.3, 0.4) is 0 Å². The maximum Gasteiger partial charge on any atom is 0.290 e. The van der Waals surface area contributed by atoms with Gasteiger partial charge in [0.15, 0.2) is 0 Å². The van der Waals surface area contributed by atoms with Crippen LogP contribution in [-0.4, -0.2) is 79.1 Å². The van der Waals surface area contributed by atoms with Gasteiger partial charge in [0.25, 0.3) is 12.4 Å². The van der Waals surface area contributed by atoms with Gasteiger partial charge < -0.3 is 24.5 Å². The zero-order chi connectivity index (χ0) is 26.6. The van der Waals surface area contributed by atoms with Gasteiger partial charge >= 0.3 is 0 Å². The molecule has 0 aromatic heterocycles. The molecule has 0 radical (unpaired) electrons. The third kappa shape index (κ3) is 8.24. The first-order valence-corrected chi connectivity index (χ1v) is 12.5. The molecule has 4 rings (SSSR count). The molecule has 0 spiro atoms. The van der Waals surface area contributed by atoms with Crippen molar-refractivity contribution in [2.45, 2.75) is 32.1 Å². The molecular formula is C27H33F2N3O5. The highest BCUT2D eigenvalue weighted by Gasteiger charge is 2.29. The average Bonchev–Trinajstić information content (AvgIpc) is 3.16. The van der Waals surface area contributed by atoms with E-state index in [1.165, 1.54) is 43.7 Å². The first-order chi connectivity index (χ1) is 17.9. The number of anilines is 1. The Balaban J connectivity index is 0.00000121. The summed E-state index contributed by atoms with van der Waals surface area (Å²) >= 11 is 0. The highest BCUT2D eigenvalue weighted by atomic mass is 19.1. The summed E-state index contributed by atoms with van der Waals surface area (Å²) in [6, 6.07) is 10.2. The molecule has 0 atom stereocenters. The van der Waals surface area contributed by atoms with Crippen LogP contribution in [0.2, 0.25) is 0 Å². The Labute approximate surface area is 215 Å². The van der Waals surface area contributed by atoms with Crippen LogP contribution in [0.4, 0.5) is 14.5 Å². The minimum atomic E-state index is -0.929. The predicted octanol–water partition coefficient (Wildman–Crippen LogP) is 3.80. The summed E-state index contributed by atoms with van der Waals surface area (Å²) in [4.78, 5) is 39.0. The van der Waals surface area contributed by atoms with Crippen LogP contribution < -0.4 is 9.64 Å². The zero-order valence-corrected chi connectivity index (χ0v) is 20.8. The molecule has 2 fully saturated rings. The van der Waals surface area contributed by atoms with E-state index in [0.29, 0.717) is 19.2 Å². The van der Waals surface area contributed by atoms with Crippen LogP contribution in [0.1, 0.15) is 42.5 Å². The Hall–Kier alpha value is -3.53. The van der Waals surface area contributed by atoms with E-state index in [9.17, 15) is 18.4 Å². The number of nitrogens with zero attached hydrogens (tertiary/aromatic N) is 3. The number of benzene rings is 2. The van der Waals surface area contributed by atoms with E-state index in [0.717, 1.165) is 36.5 Å². The third-order valence-electron chi connectivity index (χ3n) is 6.40. The monoisotopic (exact) mass is 517 g/mol. The number of carbonyl (C=O) groups excluding carboxylic acids is 2. The SMILES string of the molecule is O=C(c1ccc(F)cc1F)N1CCN(c2ccc(OCCCN3CCCCCC3)cc2)C(=O)C1.O=CO. The molecule has 0 aliphatic carbocycles. The number of hydrogen-bond acceptors (Lipinski definition) is 5. The van der Waals surface area contributed by atoms with Crippen molar-refractivity contribution in [2.75, 3.05) is 50.8 Å². The Bertz CT molecular complexity index is 1040. The first kappa shape index (κ1) is 28.0. The number of hydrogen-bond donors (Lipinski definition) is 1. The van der Waals surface area contributed by atoms with Gasteiger partial charge in [0.1, 0.15) is 23.9 Å². The lowest BCUT2D eigenvalue weighted by atomic mass is 10.1. The van der Waals surface area contributed by atoms with Crippen LogP contribution in [0.5, 0.6) is 5.75 Å². The van der Waals surface area contributed by atoms with E-state index in [4.69, 9.17) is 14.6 Å². The Morgan fingerprint density at radius 3 is 2.27 bits per heavy atom. The predicted molar refractivity (Wildman–Crippen MR) is 135 cm³/mol. The van der Waals surface area contributed by atoms with Crippen molar-refractivity contribution in [3.05, 3.63) is 59.7 Å². The maximum atomic E-state index is 14.0. The zero-order valence-electron chi connectivity index (χ0n) is 20.8. The molecule has 200 valence electrons. The standard InChI is InChI=1S/C26H31F2N3O3.CH2O2/c27-20-6-11-23(24(28)18-20)26(33)30-15-16-31(25(32)19-30)21-7-9-22(10-8-21)34-17-5-14-29-12-3-1-2-4-13-29;2-1-3/h6-11,18H,1-5,12-17,19H2;1H,(H,2,3). The van der Waals surface area contributed by atoms with E-state index in [1.54, 1.807) is 4.90 Å². The van der Waals surface area contributed by atoms with Crippen molar-refractivity contribution in [2.24, 2.45) is 0 Å². The minimum Gasteiger partial charge on any atom is -0.494 e. The molecule has 0 bridgehead atoms. The van der Waals surface area contributed by atoms with Gasteiger partial charge in [0, 0.05) is 31.4 Å². The second-order valence-corrected chi connectivity index (χ2v) is 8.95. The van der Waals surface area contributed by atoms with Gasteiger partial charge in [-0.05, 0) is 68.8 Å². The fraction of sp³-hybridized carbons (Fsp3) is 0.444. The normalized spacial score (nSPS) is 16.4. The number of halogens is 2. The summed E-state index contributed by atoms with van der Waals surface area (Å²) in [5.41, 5.74) is 0.488. The maximum absolute atomic E-state index is 14.0. The Kier molecular flexibility index (Phi) is 10.8. The molecular weight excluding hydrogens is 484 g/mol. The largest absolute Gasteiger partial charge is 0.494 e. The fourth-order valence-corrected chi connectivity index (χ4v) is 4.51. The summed E-state index contributed by atoms with van der Waals surface area (Å²) in [6.07, 6.45) is 6.21. The van der Waals surface area contributed by atoms with Crippen LogP contribution >= 0.6 is 0 Å². The minimum absolute atomic E-state index is 0.162. The van der Waals surface area contributed by atoms with Gasteiger partial charge in [0.05, 0.1) is 12.2 Å². The quantitative estimate of drug-likeness (QED) is 0.444. The Morgan fingerprint density at radius 2 is 1.65 bits per heavy atom. The lowest BCUT2D eigenvalue weighted by Crippen LogP contribution is -2.52. The number of carboxylic acid groups (broad SMARTS) is 1. The van der Waals surface area contributed by atoms with Crippen LogP contribution in [0.25, 0.3) is 0 Å². The topological polar surface area (TPSA) is 90.4 Å². The highest BCUT2D eigenvalue weighted by Crippen LogP contribution is 2.23. The smallest absolute Gasteiger partial charge is 0.290 e. The van der Waals surface area contributed by atoms with Gasteiger partial charge in [-0.25, -0.2) is 8.78 Å². The lowest BCUT2D eigenvalue weighted by molar-refractivity contribution is -0.123. The molecule has 2 amide bonds. The van der Waals surface area contributed by atoms with Crippen LogP contribution in [0, 0.1) is 11.6 Å². The van der Waals surface area contributed by atoms with Gasteiger partial charge in [0.2, 0.25) is 5.91 Å². The van der Waals surface area contributed by atoms with E-state index in [-0.39, 0.29) is 31.0 Å². The number of carbonyl (C=O) groups is 3. The van der Waals surface area contributed by atoms with Crippen LogP contribution in [-0.2, 0) is 9.59 Å². The summed E-state index contributed by atoms with van der Waals surface area (Å²) in [5, 5.41) is 6.89. The molecule has 37 heavy (non-hydrogen) atoms. The first-order valence-electron chi connectivity index (χ1n) is 12.5. The van der Waals surface area contributed by atoms with Crippen molar-refractivity contribution in [3.63, 3.8) is 0 Å². The molecule has 2 aromatic carbocycles. The van der Waals surface area contributed by atoms with Crippen molar-refractivity contribution in [3.8, 4) is 5.75 Å². The molecule has 2 aliphatic heterocycles. The number of rotatable bonds is 7. The number of likely N-dealkylation sites (tertiary alicyclic amines) is 1.